The molecule has 4 nitrogen and oxygen atoms in total. The van der Waals surface area contributed by atoms with Crippen LogP contribution in [-0.2, 0) is 0 Å². The van der Waals surface area contributed by atoms with Crippen molar-refractivity contribution in [2.45, 2.75) is 0 Å². The molecule has 1 rings (SSSR count). The summed E-state index contributed by atoms with van der Waals surface area (Å²) in [6.07, 6.45) is 0. The molecular formula is C8H10FN3O. The molecule has 70 valence electrons. The third-order valence-electron chi connectivity index (χ3n) is 1.39. The van der Waals surface area contributed by atoms with E-state index < -0.39 is 5.82 Å². The van der Waals surface area contributed by atoms with E-state index in [2.05, 4.69) is 4.99 Å². The first-order chi connectivity index (χ1) is 6.13. The van der Waals surface area contributed by atoms with Crippen LogP contribution in [0.4, 0.5) is 10.1 Å². The maximum atomic E-state index is 12.7. The topological polar surface area (TPSA) is 73.6 Å². The highest BCUT2D eigenvalue weighted by Gasteiger charge is 2.02. The van der Waals surface area contributed by atoms with E-state index in [0.717, 1.165) is 0 Å². The fraction of sp³-hybridized carbons (Fsp3) is 0.125. The van der Waals surface area contributed by atoms with Gasteiger partial charge < -0.3 is 16.2 Å². The van der Waals surface area contributed by atoms with Gasteiger partial charge in [0, 0.05) is 6.07 Å². The zero-order valence-corrected chi connectivity index (χ0v) is 7.12. The van der Waals surface area contributed by atoms with Crippen LogP contribution in [0.15, 0.2) is 23.2 Å². The molecule has 0 bridgehead atoms. The fourth-order valence-corrected chi connectivity index (χ4v) is 0.890. The van der Waals surface area contributed by atoms with Gasteiger partial charge in [-0.25, -0.2) is 9.38 Å². The van der Waals surface area contributed by atoms with Gasteiger partial charge in [0.2, 0.25) is 0 Å². The highest BCUT2D eigenvalue weighted by atomic mass is 19.1. The molecule has 4 N–H and O–H groups in total. The van der Waals surface area contributed by atoms with Crippen LogP contribution in [0.1, 0.15) is 0 Å². The molecule has 0 aliphatic heterocycles. The Labute approximate surface area is 75.0 Å². The summed E-state index contributed by atoms with van der Waals surface area (Å²) in [5, 5.41) is 0. The monoisotopic (exact) mass is 183 g/mol. The number of ether oxygens (including phenoxy) is 1. The van der Waals surface area contributed by atoms with Crippen molar-refractivity contribution in [3.8, 4) is 5.75 Å². The van der Waals surface area contributed by atoms with Gasteiger partial charge in [0.05, 0.1) is 7.11 Å². The van der Waals surface area contributed by atoms with E-state index in [0.29, 0.717) is 5.75 Å². The van der Waals surface area contributed by atoms with Crippen molar-refractivity contribution < 1.29 is 9.13 Å². The summed E-state index contributed by atoms with van der Waals surface area (Å²) < 4.78 is 17.6. The Kier molecular flexibility index (Phi) is 2.69. The van der Waals surface area contributed by atoms with Crippen molar-refractivity contribution in [2.24, 2.45) is 16.5 Å². The van der Waals surface area contributed by atoms with Crippen molar-refractivity contribution >= 4 is 11.6 Å². The third kappa shape index (κ3) is 2.33. The second-order valence-electron chi connectivity index (χ2n) is 2.35. The minimum Gasteiger partial charge on any atom is -0.494 e. The standard InChI is InChI=1S/C8H10FN3O/c1-13-7-3-2-5(9)4-6(7)12-8(10)11/h2-4H,1H3,(H4,10,11,12). The van der Waals surface area contributed by atoms with Gasteiger partial charge in [0.25, 0.3) is 0 Å². The zero-order valence-electron chi connectivity index (χ0n) is 7.12. The Balaban J connectivity index is 3.16. The Morgan fingerprint density at radius 1 is 1.46 bits per heavy atom. The summed E-state index contributed by atoms with van der Waals surface area (Å²) in [5.41, 5.74) is 10.6. The van der Waals surface area contributed by atoms with E-state index in [4.69, 9.17) is 16.2 Å². The number of aliphatic imine (C=N–C) groups is 1. The molecule has 13 heavy (non-hydrogen) atoms. The molecule has 0 saturated carbocycles. The van der Waals surface area contributed by atoms with Gasteiger partial charge in [-0.2, -0.15) is 0 Å². The third-order valence-corrected chi connectivity index (χ3v) is 1.39. The van der Waals surface area contributed by atoms with E-state index in [1.165, 1.54) is 25.3 Å². The van der Waals surface area contributed by atoms with Crippen LogP contribution in [0.3, 0.4) is 0 Å². The molecule has 0 radical (unpaired) electrons. The van der Waals surface area contributed by atoms with E-state index in [9.17, 15) is 4.39 Å². The van der Waals surface area contributed by atoms with Gasteiger partial charge in [-0.05, 0) is 12.1 Å². The maximum absolute atomic E-state index is 12.7. The van der Waals surface area contributed by atoms with Crippen LogP contribution < -0.4 is 16.2 Å². The number of rotatable bonds is 2. The lowest BCUT2D eigenvalue weighted by Gasteiger charge is -2.03. The molecule has 0 aliphatic carbocycles. The summed E-state index contributed by atoms with van der Waals surface area (Å²) in [4.78, 5) is 3.70. The van der Waals surface area contributed by atoms with Crippen molar-refractivity contribution in [3.05, 3.63) is 24.0 Å². The number of benzene rings is 1. The van der Waals surface area contributed by atoms with E-state index in [-0.39, 0.29) is 11.6 Å². The van der Waals surface area contributed by atoms with Crippen LogP contribution in [0.5, 0.6) is 5.75 Å². The molecule has 0 unspecified atom stereocenters. The molecule has 0 spiro atoms. The Bertz CT molecular complexity index is 334. The highest BCUT2D eigenvalue weighted by Crippen LogP contribution is 2.27. The predicted octanol–water partition coefficient (Wildman–Crippen LogP) is 0.739. The van der Waals surface area contributed by atoms with Crippen LogP contribution in [-0.4, -0.2) is 13.1 Å². The fourth-order valence-electron chi connectivity index (χ4n) is 0.890. The number of guanidine groups is 1. The number of nitrogens with two attached hydrogens (primary N) is 2. The number of nitrogens with zero attached hydrogens (tertiary/aromatic N) is 1. The summed E-state index contributed by atoms with van der Waals surface area (Å²) in [6.45, 7) is 0. The van der Waals surface area contributed by atoms with Gasteiger partial charge in [-0.15, -0.1) is 0 Å². The van der Waals surface area contributed by atoms with Crippen LogP contribution in [0.25, 0.3) is 0 Å². The van der Waals surface area contributed by atoms with Gasteiger partial charge in [0.1, 0.15) is 17.3 Å². The quantitative estimate of drug-likeness (QED) is 0.524. The first kappa shape index (κ1) is 9.31. The average Bonchev–Trinajstić information content (AvgIpc) is 2.03. The molecule has 1 aromatic carbocycles. The van der Waals surface area contributed by atoms with Crippen LogP contribution >= 0.6 is 0 Å². The Hall–Kier alpha value is -1.78. The molecule has 0 aliphatic rings. The molecule has 1 aromatic rings. The average molecular weight is 183 g/mol. The number of hydrogen-bond donors (Lipinski definition) is 2. The molecule has 0 aromatic heterocycles. The number of methoxy groups -OCH3 is 1. The molecule has 0 atom stereocenters. The molecule has 0 fully saturated rings. The van der Waals surface area contributed by atoms with Gasteiger partial charge in [-0.1, -0.05) is 0 Å². The normalized spacial score (nSPS) is 9.38. The van der Waals surface area contributed by atoms with Crippen molar-refractivity contribution in [2.75, 3.05) is 7.11 Å². The van der Waals surface area contributed by atoms with E-state index >= 15 is 0 Å². The van der Waals surface area contributed by atoms with Crippen LogP contribution in [0, 0.1) is 5.82 Å². The number of hydrogen-bond acceptors (Lipinski definition) is 2. The molecular weight excluding hydrogens is 173 g/mol. The molecule has 5 heteroatoms. The zero-order chi connectivity index (χ0) is 9.84. The Morgan fingerprint density at radius 2 is 2.15 bits per heavy atom. The lowest BCUT2D eigenvalue weighted by molar-refractivity contribution is 0.415. The van der Waals surface area contributed by atoms with E-state index in [1.807, 2.05) is 0 Å². The first-order valence-corrected chi connectivity index (χ1v) is 3.56. The highest BCUT2D eigenvalue weighted by molar-refractivity contribution is 5.80. The molecule has 0 heterocycles. The summed E-state index contributed by atoms with van der Waals surface area (Å²) in [5.74, 6) is -0.125. The minimum absolute atomic E-state index is 0.135. The van der Waals surface area contributed by atoms with Gasteiger partial charge in [-0.3, -0.25) is 0 Å². The maximum Gasteiger partial charge on any atom is 0.191 e. The summed E-state index contributed by atoms with van der Waals surface area (Å²) in [7, 11) is 1.46. The van der Waals surface area contributed by atoms with Crippen molar-refractivity contribution in [3.63, 3.8) is 0 Å². The number of halogens is 1. The minimum atomic E-state index is -0.416. The first-order valence-electron chi connectivity index (χ1n) is 3.56. The second-order valence-corrected chi connectivity index (χ2v) is 2.35. The lowest BCUT2D eigenvalue weighted by atomic mass is 10.3. The Morgan fingerprint density at radius 3 is 2.69 bits per heavy atom. The van der Waals surface area contributed by atoms with Gasteiger partial charge in [0.15, 0.2) is 5.96 Å². The summed E-state index contributed by atoms with van der Waals surface area (Å²) in [6, 6.07) is 3.92. The second kappa shape index (κ2) is 3.75. The summed E-state index contributed by atoms with van der Waals surface area (Å²) >= 11 is 0. The van der Waals surface area contributed by atoms with Crippen LogP contribution in [0.2, 0.25) is 0 Å². The smallest absolute Gasteiger partial charge is 0.191 e. The predicted molar refractivity (Wildman–Crippen MR) is 48.4 cm³/mol. The SMILES string of the molecule is COc1ccc(F)cc1N=C(N)N. The molecule has 0 amide bonds. The van der Waals surface area contributed by atoms with Crippen molar-refractivity contribution in [1.82, 2.24) is 0 Å². The van der Waals surface area contributed by atoms with Gasteiger partial charge >= 0.3 is 0 Å². The lowest BCUT2D eigenvalue weighted by Crippen LogP contribution is -2.21. The molecule has 0 saturated heterocycles. The largest absolute Gasteiger partial charge is 0.494 e. The van der Waals surface area contributed by atoms with E-state index in [1.54, 1.807) is 0 Å². The van der Waals surface area contributed by atoms with Crippen molar-refractivity contribution in [1.29, 1.82) is 0 Å².